The fourth-order valence-corrected chi connectivity index (χ4v) is 4.02. The number of nitrogens with zero attached hydrogens (tertiary/aromatic N) is 1. The summed E-state index contributed by atoms with van der Waals surface area (Å²) in [5.74, 6) is 0.550. The van der Waals surface area contributed by atoms with E-state index in [-0.39, 0.29) is 0 Å². The molecule has 5 heteroatoms. The number of hydrogen-bond acceptors (Lipinski definition) is 5. The van der Waals surface area contributed by atoms with Gasteiger partial charge in [0.25, 0.3) is 0 Å². The molecule has 3 nitrogen and oxygen atoms in total. The zero-order valence-electron chi connectivity index (χ0n) is 10.7. The SMILES string of the molecule is Nc1ccccc1C(O)CSc1nc2ccccc2s1. The van der Waals surface area contributed by atoms with E-state index in [9.17, 15) is 5.11 Å². The van der Waals surface area contributed by atoms with Crippen molar-refractivity contribution in [3.05, 3.63) is 54.1 Å². The third kappa shape index (κ3) is 2.80. The maximum atomic E-state index is 10.2. The number of fused-ring (bicyclic) bond motifs is 1. The van der Waals surface area contributed by atoms with E-state index in [4.69, 9.17) is 5.73 Å². The average Bonchev–Trinajstić information content (AvgIpc) is 2.88. The van der Waals surface area contributed by atoms with E-state index in [1.165, 1.54) is 4.70 Å². The van der Waals surface area contributed by atoms with Crippen LogP contribution < -0.4 is 5.73 Å². The third-order valence-electron chi connectivity index (χ3n) is 2.99. The molecule has 1 atom stereocenters. The van der Waals surface area contributed by atoms with Crippen LogP contribution in [0.2, 0.25) is 0 Å². The Kier molecular flexibility index (Phi) is 3.91. The fourth-order valence-electron chi connectivity index (χ4n) is 1.97. The number of thioether (sulfide) groups is 1. The minimum atomic E-state index is -0.576. The van der Waals surface area contributed by atoms with Gasteiger partial charge in [0.2, 0.25) is 0 Å². The minimum Gasteiger partial charge on any atom is -0.398 e. The highest BCUT2D eigenvalue weighted by Gasteiger charge is 2.12. The summed E-state index contributed by atoms with van der Waals surface area (Å²) in [4.78, 5) is 4.54. The first-order chi connectivity index (χ1) is 9.74. The number of benzene rings is 2. The monoisotopic (exact) mass is 302 g/mol. The first-order valence-electron chi connectivity index (χ1n) is 6.25. The van der Waals surface area contributed by atoms with E-state index in [1.807, 2.05) is 36.4 Å². The lowest BCUT2D eigenvalue weighted by atomic mass is 10.1. The molecule has 0 spiro atoms. The number of aromatic nitrogens is 1. The maximum absolute atomic E-state index is 10.2. The number of rotatable bonds is 4. The molecular weight excluding hydrogens is 288 g/mol. The lowest BCUT2D eigenvalue weighted by molar-refractivity contribution is 0.205. The molecule has 0 radical (unpaired) electrons. The van der Waals surface area contributed by atoms with Gasteiger partial charge in [-0.3, -0.25) is 0 Å². The van der Waals surface area contributed by atoms with Crippen molar-refractivity contribution >= 4 is 39.0 Å². The van der Waals surface area contributed by atoms with Crippen LogP contribution in [0.1, 0.15) is 11.7 Å². The van der Waals surface area contributed by atoms with Gasteiger partial charge in [0.05, 0.1) is 16.3 Å². The number of nitrogen functional groups attached to an aromatic ring is 1. The quantitative estimate of drug-likeness (QED) is 0.570. The number of thiazole rings is 1. The molecule has 102 valence electrons. The van der Waals surface area contributed by atoms with Crippen LogP contribution in [0.15, 0.2) is 52.9 Å². The van der Waals surface area contributed by atoms with E-state index in [1.54, 1.807) is 29.2 Å². The van der Waals surface area contributed by atoms with Crippen LogP contribution in [0.25, 0.3) is 10.2 Å². The molecule has 0 amide bonds. The lowest BCUT2D eigenvalue weighted by Crippen LogP contribution is -2.04. The van der Waals surface area contributed by atoms with Gasteiger partial charge in [-0.25, -0.2) is 4.98 Å². The number of aliphatic hydroxyl groups is 1. The van der Waals surface area contributed by atoms with Crippen LogP contribution in [-0.2, 0) is 0 Å². The Balaban J connectivity index is 1.71. The summed E-state index contributed by atoms with van der Waals surface area (Å²) in [7, 11) is 0. The van der Waals surface area contributed by atoms with E-state index in [0.717, 1.165) is 15.4 Å². The fraction of sp³-hybridized carbons (Fsp3) is 0.133. The number of nitrogens with two attached hydrogens (primary N) is 1. The average molecular weight is 302 g/mol. The molecule has 1 unspecified atom stereocenters. The van der Waals surface area contributed by atoms with Gasteiger partial charge < -0.3 is 10.8 Å². The Morgan fingerprint density at radius 1 is 1.15 bits per heavy atom. The molecule has 3 rings (SSSR count). The Hall–Kier alpha value is -1.56. The summed E-state index contributed by atoms with van der Waals surface area (Å²) < 4.78 is 2.14. The number of aliphatic hydroxyl groups excluding tert-OH is 1. The van der Waals surface area contributed by atoms with Crippen LogP contribution in [0, 0.1) is 0 Å². The van der Waals surface area contributed by atoms with Gasteiger partial charge in [-0.15, -0.1) is 11.3 Å². The summed E-state index contributed by atoms with van der Waals surface area (Å²) in [6.07, 6.45) is -0.576. The molecular formula is C15H14N2OS2. The van der Waals surface area contributed by atoms with Crippen LogP contribution >= 0.6 is 23.1 Å². The molecule has 0 aliphatic heterocycles. The first kappa shape index (κ1) is 13.4. The van der Waals surface area contributed by atoms with Crippen molar-refractivity contribution in [1.29, 1.82) is 0 Å². The Morgan fingerprint density at radius 3 is 2.70 bits per heavy atom. The van der Waals surface area contributed by atoms with Crippen LogP contribution in [0.4, 0.5) is 5.69 Å². The van der Waals surface area contributed by atoms with E-state index >= 15 is 0 Å². The van der Waals surface area contributed by atoms with E-state index < -0.39 is 6.10 Å². The van der Waals surface area contributed by atoms with Crippen molar-refractivity contribution in [2.45, 2.75) is 10.4 Å². The number of anilines is 1. The molecule has 3 aromatic rings. The molecule has 0 aliphatic rings. The normalized spacial score (nSPS) is 12.7. The van der Waals surface area contributed by atoms with Gasteiger partial charge >= 0.3 is 0 Å². The summed E-state index contributed by atoms with van der Waals surface area (Å²) in [5.41, 5.74) is 8.29. The standard InChI is InChI=1S/C15H14N2OS2/c16-11-6-2-1-5-10(11)13(18)9-19-15-17-12-7-3-4-8-14(12)20-15/h1-8,13,18H,9,16H2. The van der Waals surface area contributed by atoms with Gasteiger partial charge in [0.15, 0.2) is 4.34 Å². The first-order valence-corrected chi connectivity index (χ1v) is 8.05. The highest BCUT2D eigenvalue weighted by Crippen LogP contribution is 2.32. The molecule has 0 saturated carbocycles. The molecule has 1 heterocycles. The molecule has 1 aromatic heterocycles. The Morgan fingerprint density at radius 2 is 1.90 bits per heavy atom. The van der Waals surface area contributed by atoms with Crippen LogP contribution in [-0.4, -0.2) is 15.8 Å². The van der Waals surface area contributed by atoms with Crippen molar-refractivity contribution in [2.75, 3.05) is 11.5 Å². The van der Waals surface area contributed by atoms with Gasteiger partial charge in [-0.05, 0) is 18.2 Å². The topological polar surface area (TPSA) is 59.1 Å². The second kappa shape index (κ2) is 5.83. The maximum Gasteiger partial charge on any atom is 0.151 e. The van der Waals surface area contributed by atoms with Crippen LogP contribution in [0.3, 0.4) is 0 Å². The molecule has 0 fully saturated rings. The third-order valence-corrected chi connectivity index (χ3v) is 5.25. The molecule has 0 saturated heterocycles. The summed E-state index contributed by atoms with van der Waals surface area (Å²) in [6, 6.07) is 15.5. The van der Waals surface area contributed by atoms with Gasteiger partial charge in [-0.1, -0.05) is 42.1 Å². The minimum absolute atomic E-state index is 0.550. The molecule has 0 bridgehead atoms. The van der Waals surface area contributed by atoms with Crippen molar-refractivity contribution in [3.8, 4) is 0 Å². The lowest BCUT2D eigenvalue weighted by Gasteiger charge is -2.11. The number of para-hydroxylation sites is 2. The van der Waals surface area contributed by atoms with E-state index in [2.05, 4.69) is 11.1 Å². The summed E-state index contributed by atoms with van der Waals surface area (Å²) in [5, 5.41) is 10.2. The van der Waals surface area contributed by atoms with Crippen molar-refractivity contribution < 1.29 is 5.11 Å². The van der Waals surface area contributed by atoms with Gasteiger partial charge in [0.1, 0.15) is 0 Å². The second-order valence-corrected chi connectivity index (χ2v) is 6.70. The molecule has 0 aliphatic carbocycles. The largest absolute Gasteiger partial charge is 0.398 e. The summed E-state index contributed by atoms with van der Waals surface area (Å²) in [6.45, 7) is 0. The smallest absolute Gasteiger partial charge is 0.151 e. The van der Waals surface area contributed by atoms with Gasteiger partial charge in [-0.2, -0.15) is 0 Å². The van der Waals surface area contributed by atoms with E-state index in [0.29, 0.717) is 11.4 Å². The molecule has 3 N–H and O–H groups in total. The Labute approximate surface area is 125 Å². The van der Waals surface area contributed by atoms with Crippen molar-refractivity contribution in [2.24, 2.45) is 0 Å². The van der Waals surface area contributed by atoms with Crippen LogP contribution in [0.5, 0.6) is 0 Å². The predicted molar refractivity (Wildman–Crippen MR) is 86.2 cm³/mol. The molecule has 2 aromatic carbocycles. The summed E-state index contributed by atoms with van der Waals surface area (Å²) >= 11 is 3.21. The zero-order valence-corrected chi connectivity index (χ0v) is 12.3. The van der Waals surface area contributed by atoms with Gasteiger partial charge in [0, 0.05) is 17.0 Å². The Bertz CT molecular complexity index is 693. The molecule has 20 heavy (non-hydrogen) atoms. The highest BCUT2D eigenvalue weighted by molar-refractivity contribution is 8.01. The zero-order chi connectivity index (χ0) is 13.9. The predicted octanol–water partition coefficient (Wildman–Crippen LogP) is 3.70. The second-order valence-electron chi connectivity index (χ2n) is 4.40. The van der Waals surface area contributed by atoms with Crippen molar-refractivity contribution in [1.82, 2.24) is 4.98 Å². The number of hydrogen-bond donors (Lipinski definition) is 2. The van der Waals surface area contributed by atoms with Crippen molar-refractivity contribution in [3.63, 3.8) is 0 Å². The highest BCUT2D eigenvalue weighted by atomic mass is 32.2.